The van der Waals surface area contributed by atoms with Crippen LogP contribution in [0.5, 0.6) is 0 Å². The van der Waals surface area contributed by atoms with Crippen LogP contribution in [0, 0.1) is 0 Å². The molecule has 0 fully saturated rings. The molecule has 0 aromatic rings. The van der Waals surface area contributed by atoms with Gasteiger partial charge in [-0.25, -0.2) is 0 Å². The van der Waals surface area contributed by atoms with E-state index < -0.39 is 12.1 Å². The third-order valence-electron chi connectivity index (χ3n) is 12.3. The molecule has 1 atom stereocenters. The molecule has 0 amide bonds. The van der Waals surface area contributed by atoms with Gasteiger partial charge in [0, 0.05) is 19.3 Å². The van der Waals surface area contributed by atoms with Crippen molar-refractivity contribution in [2.75, 3.05) is 13.2 Å². The molecule has 1 unspecified atom stereocenters. The standard InChI is InChI=1S/C75H112O6/c1-4-7-10-13-16-19-22-24-26-28-30-31-32-33-34-35-36-37-38-39-40-41-42-43-45-46-48-50-53-56-59-62-65-68-74(77)80-71-72(70-79-73(76)67-64-61-58-55-52-21-18-15-12-9-6-3)81-75(78)69-66-63-60-57-54-51-49-47-44-29-27-25-23-20-17-14-11-8-5-2/h7-8,10-11,15-20,24-27,30-31,33-34,36-37,39-40,42-44,46-48,51,53-54,56,60,63,72H,4-6,9,12-14,21-23,28-29,32,35,38,41,45,49-50,52,55,57-59,61-62,64-71H2,1-3H3/b10-7-,11-8-,18-15-,19-16-,20-17-,26-24-,27-25-,31-30-,34-33-,37-36-,40-39-,43-42-,47-44-,48-46-,54-51-,56-53-,63-60-. The predicted molar refractivity (Wildman–Crippen MR) is 352 cm³/mol. The molecule has 0 saturated carbocycles. The molecule has 0 aliphatic carbocycles. The maximum atomic E-state index is 12.8. The second kappa shape index (κ2) is 66.5. The van der Waals surface area contributed by atoms with Gasteiger partial charge in [-0.3, -0.25) is 14.4 Å². The number of carbonyl (C=O) groups excluding carboxylic acids is 3. The van der Waals surface area contributed by atoms with E-state index in [9.17, 15) is 14.4 Å². The highest BCUT2D eigenvalue weighted by molar-refractivity contribution is 5.71. The Balaban J connectivity index is 4.48. The van der Waals surface area contributed by atoms with Gasteiger partial charge in [-0.2, -0.15) is 0 Å². The van der Waals surface area contributed by atoms with Crippen molar-refractivity contribution in [3.05, 3.63) is 207 Å². The number of hydrogen-bond acceptors (Lipinski definition) is 6. The summed E-state index contributed by atoms with van der Waals surface area (Å²) >= 11 is 0. The van der Waals surface area contributed by atoms with Gasteiger partial charge in [0.05, 0.1) is 0 Å². The summed E-state index contributed by atoms with van der Waals surface area (Å²) < 4.78 is 16.7. The second-order valence-electron chi connectivity index (χ2n) is 19.8. The Morgan fingerprint density at radius 1 is 0.259 bits per heavy atom. The fourth-order valence-corrected chi connectivity index (χ4v) is 7.59. The highest BCUT2D eigenvalue weighted by atomic mass is 16.6. The van der Waals surface area contributed by atoms with Crippen molar-refractivity contribution in [3.8, 4) is 0 Å². The van der Waals surface area contributed by atoms with Crippen LogP contribution in [0.25, 0.3) is 0 Å². The highest BCUT2D eigenvalue weighted by Crippen LogP contribution is 2.11. The molecule has 0 radical (unpaired) electrons. The van der Waals surface area contributed by atoms with Crippen molar-refractivity contribution in [2.24, 2.45) is 0 Å². The molecule has 0 bridgehead atoms. The van der Waals surface area contributed by atoms with Crippen LogP contribution >= 0.6 is 0 Å². The van der Waals surface area contributed by atoms with Gasteiger partial charge >= 0.3 is 17.9 Å². The summed E-state index contributed by atoms with van der Waals surface area (Å²) in [6.07, 6.45) is 103. The first kappa shape index (κ1) is 75.0. The Hall–Kier alpha value is -6.01. The molecule has 0 aliphatic heterocycles. The number of hydrogen-bond donors (Lipinski definition) is 0. The van der Waals surface area contributed by atoms with Gasteiger partial charge in [-0.1, -0.05) is 259 Å². The number of rotatable bonds is 54. The van der Waals surface area contributed by atoms with E-state index in [0.29, 0.717) is 19.3 Å². The zero-order valence-electron chi connectivity index (χ0n) is 51.2. The van der Waals surface area contributed by atoms with Crippen molar-refractivity contribution in [2.45, 2.75) is 232 Å². The van der Waals surface area contributed by atoms with E-state index in [1.807, 2.05) is 12.2 Å². The minimum absolute atomic E-state index is 0.138. The number of ether oxygens (including phenoxy) is 3. The van der Waals surface area contributed by atoms with Gasteiger partial charge in [0.25, 0.3) is 0 Å². The van der Waals surface area contributed by atoms with Gasteiger partial charge in [0.2, 0.25) is 0 Å². The maximum Gasteiger partial charge on any atom is 0.306 e. The van der Waals surface area contributed by atoms with Gasteiger partial charge in [0.15, 0.2) is 6.10 Å². The average molecular weight is 1110 g/mol. The number of unbranched alkanes of at least 4 members (excludes halogenated alkanes) is 9. The molecule has 6 heteroatoms. The lowest BCUT2D eigenvalue weighted by molar-refractivity contribution is -0.166. The van der Waals surface area contributed by atoms with Gasteiger partial charge in [-0.05, 0) is 154 Å². The quantitative estimate of drug-likeness (QED) is 0.0261. The highest BCUT2D eigenvalue weighted by Gasteiger charge is 2.19. The molecular weight excluding hydrogens is 997 g/mol. The lowest BCUT2D eigenvalue weighted by atomic mass is 10.1. The van der Waals surface area contributed by atoms with E-state index in [-0.39, 0.29) is 38.0 Å². The summed E-state index contributed by atoms with van der Waals surface area (Å²) in [6, 6.07) is 0. The normalized spacial score (nSPS) is 13.6. The molecule has 0 aliphatic rings. The van der Waals surface area contributed by atoms with Crippen LogP contribution in [0.4, 0.5) is 0 Å². The van der Waals surface area contributed by atoms with Crippen LogP contribution < -0.4 is 0 Å². The third-order valence-corrected chi connectivity index (χ3v) is 12.3. The number of carbonyl (C=O) groups is 3. The van der Waals surface area contributed by atoms with Crippen molar-refractivity contribution < 1.29 is 28.6 Å². The first-order chi connectivity index (χ1) is 40.0. The SMILES string of the molecule is CC/C=C\C/C=C\C/C=C\C/C=C\C/C=C\C/C=C\C/C=C\C/C=C\C/C=C\C/C=C\CCCCC(=O)OCC(COC(=O)CCCCCCC/C=C\CCCC)OC(=O)CC/C=C\C/C=C\C/C=C\C/C=C\C/C=C\C/C=C\CC. The largest absolute Gasteiger partial charge is 0.462 e. The number of esters is 3. The molecule has 0 spiro atoms. The summed E-state index contributed by atoms with van der Waals surface area (Å²) in [5, 5.41) is 0. The van der Waals surface area contributed by atoms with Gasteiger partial charge in [0.1, 0.15) is 13.2 Å². The third kappa shape index (κ3) is 64.7. The maximum absolute atomic E-state index is 12.8. The molecule has 0 rings (SSSR count). The van der Waals surface area contributed by atoms with Gasteiger partial charge < -0.3 is 14.2 Å². The predicted octanol–water partition coefficient (Wildman–Crippen LogP) is 22.0. The van der Waals surface area contributed by atoms with E-state index in [1.54, 1.807) is 0 Å². The van der Waals surface area contributed by atoms with Crippen LogP contribution in [-0.4, -0.2) is 37.2 Å². The monoisotopic (exact) mass is 1110 g/mol. The van der Waals surface area contributed by atoms with Crippen molar-refractivity contribution in [1.29, 1.82) is 0 Å². The molecule has 448 valence electrons. The zero-order valence-corrected chi connectivity index (χ0v) is 51.2. The molecule has 6 nitrogen and oxygen atoms in total. The van der Waals surface area contributed by atoms with E-state index in [0.717, 1.165) is 154 Å². The summed E-state index contributed by atoms with van der Waals surface area (Å²) in [5.41, 5.74) is 0. The lowest BCUT2D eigenvalue weighted by Gasteiger charge is -2.18. The molecule has 0 saturated heterocycles. The summed E-state index contributed by atoms with van der Waals surface area (Å²) in [7, 11) is 0. The smallest absolute Gasteiger partial charge is 0.306 e. The fourth-order valence-electron chi connectivity index (χ4n) is 7.59. The Bertz CT molecular complexity index is 2000. The Kier molecular flexibility index (Phi) is 61.6. The van der Waals surface area contributed by atoms with E-state index >= 15 is 0 Å². The van der Waals surface area contributed by atoms with Crippen molar-refractivity contribution >= 4 is 17.9 Å². The molecule has 0 aromatic heterocycles. The van der Waals surface area contributed by atoms with Crippen LogP contribution in [0.3, 0.4) is 0 Å². The number of allylic oxidation sites excluding steroid dienone is 34. The first-order valence-corrected chi connectivity index (χ1v) is 31.6. The van der Waals surface area contributed by atoms with Crippen LogP contribution in [-0.2, 0) is 28.6 Å². The Morgan fingerprint density at radius 2 is 0.506 bits per heavy atom. The Labute approximate surface area is 496 Å². The average Bonchev–Trinajstić information content (AvgIpc) is 3.47. The van der Waals surface area contributed by atoms with E-state index in [2.05, 4.69) is 215 Å². The molecule has 0 aromatic carbocycles. The Morgan fingerprint density at radius 3 is 0.840 bits per heavy atom. The minimum atomic E-state index is -0.853. The van der Waals surface area contributed by atoms with E-state index in [4.69, 9.17) is 14.2 Å². The molecule has 0 N–H and O–H groups in total. The summed E-state index contributed by atoms with van der Waals surface area (Å²) in [6.45, 7) is 6.24. The zero-order chi connectivity index (χ0) is 58.5. The van der Waals surface area contributed by atoms with Crippen molar-refractivity contribution in [1.82, 2.24) is 0 Å². The fraction of sp³-hybridized carbons (Fsp3) is 0.507. The van der Waals surface area contributed by atoms with E-state index in [1.165, 1.54) is 19.3 Å². The van der Waals surface area contributed by atoms with Crippen LogP contribution in [0.15, 0.2) is 207 Å². The van der Waals surface area contributed by atoms with Crippen molar-refractivity contribution in [3.63, 3.8) is 0 Å². The molecule has 81 heavy (non-hydrogen) atoms. The van der Waals surface area contributed by atoms with Crippen LogP contribution in [0.2, 0.25) is 0 Å². The molecular formula is C75H112O6. The second-order valence-corrected chi connectivity index (χ2v) is 19.8. The first-order valence-electron chi connectivity index (χ1n) is 31.6. The minimum Gasteiger partial charge on any atom is -0.462 e. The summed E-state index contributed by atoms with van der Waals surface area (Å²) in [5.74, 6) is -1.09. The molecule has 0 heterocycles. The van der Waals surface area contributed by atoms with Gasteiger partial charge in [-0.15, -0.1) is 0 Å². The summed E-state index contributed by atoms with van der Waals surface area (Å²) in [4.78, 5) is 38.2. The topological polar surface area (TPSA) is 78.9 Å². The van der Waals surface area contributed by atoms with Crippen LogP contribution in [0.1, 0.15) is 226 Å². The lowest BCUT2D eigenvalue weighted by Crippen LogP contribution is -2.30.